The Labute approximate surface area is 118 Å². The van der Waals surface area contributed by atoms with E-state index in [9.17, 15) is 9.59 Å². The molecule has 0 aliphatic rings. The summed E-state index contributed by atoms with van der Waals surface area (Å²) in [6.45, 7) is 2.75. The van der Waals surface area contributed by atoms with Crippen LogP contribution in [-0.4, -0.2) is 16.1 Å². The van der Waals surface area contributed by atoms with Crippen molar-refractivity contribution in [2.45, 2.75) is 13.5 Å². The van der Waals surface area contributed by atoms with Gasteiger partial charge in [0, 0.05) is 35.0 Å². The molecule has 1 aromatic heterocycles. The molecule has 0 spiro atoms. The van der Waals surface area contributed by atoms with Crippen molar-refractivity contribution in [3.63, 3.8) is 0 Å². The van der Waals surface area contributed by atoms with Crippen molar-refractivity contribution in [1.82, 2.24) is 9.55 Å². The van der Waals surface area contributed by atoms with Crippen LogP contribution in [0.25, 0.3) is 0 Å². The van der Waals surface area contributed by atoms with E-state index in [1.807, 2.05) is 24.3 Å². The Morgan fingerprint density at radius 1 is 1.32 bits per heavy atom. The second-order valence-electron chi connectivity index (χ2n) is 4.17. The molecule has 0 bridgehead atoms. The highest BCUT2D eigenvalue weighted by Crippen LogP contribution is 2.20. The van der Waals surface area contributed by atoms with E-state index >= 15 is 0 Å². The van der Waals surface area contributed by atoms with Crippen molar-refractivity contribution in [1.29, 1.82) is 0 Å². The molecule has 0 saturated carbocycles. The Kier molecular flexibility index (Phi) is 4.21. The summed E-state index contributed by atoms with van der Waals surface area (Å²) in [4.78, 5) is 25.1. The number of nitrogens with one attached hydrogen (secondary N) is 2. The zero-order valence-electron chi connectivity index (χ0n) is 10.4. The number of para-hydroxylation sites is 1. The maximum absolute atomic E-state index is 11.6. The molecule has 19 heavy (non-hydrogen) atoms. The number of anilines is 1. The average Bonchev–Trinajstić information content (AvgIpc) is 2.38. The largest absolute Gasteiger partial charge is 0.382 e. The maximum Gasteiger partial charge on any atom is 0.328 e. The third-order valence-electron chi connectivity index (χ3n) is 2.73. The summed E-state index contributed by atoms with van der Waals surface area (Å²) in [5, 5.41) is 3.22. The van der Waals surface area contributed by atoms with E-state index in [4.69, 9.17) is 0 Å². The van der Waals surface area contributed by atoms with Crippen LogP contribution in [0.3, 0.4) is 0 Å². The second kappa shape index (κ2) is 5.88. The average molecular weight is 324 g/mol. The molecule has 2 aromatic rings. The van der Waals surface area contributed by atoms with Gasteiger partial charge < -0.3 is 5.32 Å². The molecule has 0 radical (unpaired) electrons. The van der Waals surface area contributed by atoms with E-state index in [-0.39, 0.29) is 11.2 Å². The zero-order chi connectivity index (χ0) is 13.8. The van der Waals surface area contributed by atoms with Gasteiger partial charge in [0.1, 0.15) is 0 Å². The molecule has 0 atom stereocenters. The van der Waals surface area contributed by atoms with Gasteiger partial charge in [0.05, 0.1) is 0 Å². The Hall–Kier alpha value is -1.82. The SMILES string of the molecule is Cc1cn(CCNc2ccccc2Br)c(=O)[nH]c1=O. The van der Waals surface area contributed by atoms with Crippen LogP contribution in [0.15, 0.2) is 44.5 Å². The molecule has 6 heteroatoms. The van der Waals surface area contributed by atoms with Gasteiger partial charge in [0.15, 0.2) is 0 Å². The number of aromatic nitrogens is 2. The Balaban J connectivity index is 2.04. The van der Waals surface area contributed by atoms with Gasteiger partial charge in [-0.25, -0.2) is 4.79 Å². The maximum atomic E-state index is 11.6. The molecule has 0 amide bonds. The number of benzene rings is 1. The third-order valence-corrected chi connectivity index (χ3v) is 3.42. The minimum absolute atomic E-state index is 0.333. The molecule has 5 nitrogen and oxygen atoms in total. The lowest BCUT2D eigenvalue weighted by atomic mass is 10.3. The summed E-state index contributed by atoms with van der Waals surface area (Å²) in [7, 11) is 0. The van der Waals surface area contributed by atoms with Crippen molar-refractivity contribution < 1.29 is 0 Å². The van der Waals surface area contributed by atoms with E-state index in [1.54, 1.807) is 13.1 Å². The van der Waals surface area contributed by atoms with Crippen LogP contribution < -0.4 is 16.6 Å². The number of H-pyrrole nitrogens is 1. The first-order valence-corrected chi connectivity index (χ1v) is 6.66. The number of hydrogen-bond acceptors (Lipinski definition) is 3. The van der Waals surface area contributed by atoms with Crippen molar-refractivity contribution >= 4 is 21.6 Å². The van der Waals surface area contributed by atoms with Crippen molar-refractivity contribution in [3.8, 4) is 0 Å². The van der Waals surface area contributed by atoms with Gasteiger partial charge in [-0.15, -0.1) is 0 Å². The molecule has 1 aromatic carbocycles. The minimum Gasteiger partial charge on any atom is -0.382 e. The van der Waals surface area contributed by atoms with E-state index in [1.165, 1.54) is 4.57 Å². The van der Waals surface area contributed by atoms with Gasteiger partial charge in [0.2, 0.25) is 0 Å². The summed E-state index contributed by atoms with van der Waals surface area (Å²) >= 11 is 3.44. The summed E-state index contributed by atoms with van der Waals surface area (Å²) in [6.07, 6.45) is 1.57. The fraction of sp³-hybridized carbons (Fsp3) is 0.231. The monoisotopic (exact) mass is 323 g/mol. The van der Waals surface area contributed by atoms with Crippen LogP contribution in [-0.2, 0) is 6.54 Å². The molecule has 2 rings (SSSR count). The lowest BCUT2D eigenvalue weighted by Crippen LogP contribution is -2.32. The molecule has 100 valence electrons. The molecular formula is C13H14BrN3O2. The molecule has 1 heterocycles. The summed E-state index contributed by atoms with van der Waals surface area (Å²) in [5.41, 5.74) is 0.779. The van der Waals surface area contributed by atoms with Crippen LogP contribution >= 0.6 is 15.9 Å². The topological polar surface area (TPSA) is 66.9 Å². The molecular weight excluding hydrogens is 310 g/mol. The first-order chi connectivity index (χ1) is 9.08. The predicted octanol–water partition coefficient (Wildman–Crippen LogP) is 1.72. The van der Waals surface area contributed by atoms with Crippen molar-refractivity contribution in [2.75, 3.05) is 11.9 Å². The predicted molar refractivity (Wildman–Crippen MR) is 78.7 cm³/mol. The number of nitrogens with zero attached hydrogens (tertiary/aromatic N) is 1. The fourth-order valence-corrected chi connectivity index (χ4v) is 2.13. The number of aromatic amines is 1. The van der Waals surface area contributed by atoms with E-state index in [0.29, 0.717) is 18.7 Å². The fourth-order valence-electron chi connectivity index (χ4n) is 1.70. The van der Waals surface area contributed by atoms with E-state index in [2.05, 4.69) is 26.2 Å². The molecule has 0 fully saturated rings. The first kappa shape index (κ1) is 13.6. The number of aryl methyl sites for hydroxylation is 1. The Morgan fingerprint density at radius 3 is 2.79 bits per heavy atom. The molecule has 0 unspecified atom stereocenters. The summed E-state index contributed by atoms with van der Waals surface area (Å²) < 4.78 is 2.46. The Bertz CT molecular complexity index is 691. The van der Waals surface area contributed by atoms with E-state index in [0.717, 1.165) is 10.2 Å². The lowest BCUT2D eigenvalue weighted by Gasteiger charge is -2.10. The Morgan fingerprint density at radius 2 is 2.05 bits per heavy atom. The molecule has 0 saturated heterocycles. The highest BCUT2D eigenvalue weighted by molar-refractivity contribution is 9.10. The third kappa shape index (κ3) is 3.35. The van der Waals surface area contributed by atoms with Gasteiger partial charge in [-0.3, -0.25) is 14.3 Å². The lowest BCUT2D eigenvalue weighted by molar-refractivity contribution is 0.664. The van der Waals surface area contributed by atoms with Crippen LogP contribution in [0, 0.1) is 6.92 Å². The smallest absolute Gasteiger partial charge is 0.328 e. The number of rotatable bonds is 4. The van der Waals surface area contributed by atoms with Gasteiger partial charge in [-0.2, -0.15) is 0 Å². The number of halogens is 1. The van der Waals surface area contributed by atoms with Crippen LogP contribution in [0.1, 0.15) is 5.56 Å². The van der Waals surface area contributed by atoms with E-state index < -0.39 is 0 Å². The molecule has 0 aliphatic heterocycles. The highest BCUT2D eigenvalue weighted by Gasteiger charge is 2.01. The van der Waals surface area contributed by atoms with Gasteiger partial charge in [-0.1, -0.05) is 12.1 Å². The van der Waals surface area contributed by atoms with Crippen molar-refractivity contribution in [3.05, 3.63) is 61.3 Å². The quantitative estimate of drug-likeness (QED) is 0.900. The van der Waals surface area contributed by atoms with Crippen LogP contribution in [0.5, 0.6) is 0 Å². The minimum atomic E-state index is -0.385. The van der Waals surface area contributed by atoms with Gasteiger partial charge in [-0.05, 0) is 35.0 Å². The number of hydrogen-bond donors (Lipinski definition) is 2. The first-order valence-electron chi connectivity index (χ1n) is 5.86. The summed E-state index contributed by atoms with van der Waals surface area (Å²) in [6, 6.07) is 7.76. The van der Waals surface area contributed by atoms with Gasteiger partial charge in [0.25, 0.3) is 5.56 Å². The van der Waals surface area contributed by atoms with Crippen LogP contribution in [0.4, 0.5) is 5.69 Å². The highest BCUT2D eigenvalue weighted by atomic mass is 79.9. The second-order valence-corrected chi connectivity index (χ2v) is 5.03. The normalized spacial score (nSPS) is 10.4. The van der Waals surface area contributed by atoms with Gasteiger partial charge >= 0.3 is 5.69 Å². The van der Waals surface area contributed by atoms with Crippen LogP contribution in [0.2, 0.25) is 0 Å². The summed E-state index contributed by atoms with van der Waals surface area (Å²) in [5.74, 6) is 0. The zero-order valence-corrected chi connectivity index (χ0v) is 12.0. The molecule has 0 aliphatic carbocycles. The standard InChI is InChI=1S/C13H14BrN3O2/c1-9-8-17(13(19)16-12(9)18)7-6-15-11-5-3-2-4-10(11)14/h2-5,8,15H,6-7H2,1H3,(H,16,18,19). The molecule has 2 N–H and O–H groups in total. The van der Waals surface area contributed by atoms with Crippen molar-refractivity contribution in [2.24, 2.45) is 0 Å².